The Balaban J connectivity index is -0.00000480. The van der Waals surface area contributed by atoms with Gasteiger partial charge in [-0.15, -0.1) is 0 Å². The summed E-state index contributed by atoms with van der Waals surface area (Å²) in [7, 11) is -3.93. The molecule has 0 aromatic carbocycles. The zero-order chi connectivity index (χ0) is 23.6. The van der Waals surface area contributed by atoms with Crippen LogP contribution in [-0.2, 0) is 10.1 Å². The SMILES string of the molecule is CCCCCCCCCCCCCCCCCCCCCCCCCCC=CS(=O)(=O)O.[NaH].[NaH]. The molecule has 0 aliphatic heterocycles. The third kappa shape index (κ3) is 38.2. The van der Waals surface area contributed by atoms with Crippen molar-refractivity contribution in [1.29, 1.82) is 0 Å². The molecule has 0 saturated carbocycles. The Hall–Kier alpha value is 1.65. The van der Waals surface area contributed by atoms with Gasteiger partial charge < -0.3 is 0 Å². The number of hydrogen-bond donors (Lipinski definition) is 1. The summed E-state index contributed by atoms with van der Waals surface area (Å²) in [6.07, 6.45) is 35.5. The zero-order valence-electron chi connectivity index (χ0n) is 21.5. The van der Waals surface area contributed by atoms with E-state index in [1.807, 2.05) is 0 Å². The summed E-state index contributed by atoms with van der Waals surface area (Å²) >= 11 is 0. The standard InChI is InChI=1S/C28H56O3S.2Na.2H/c1-2-3-4-5-6-7-8-9-10-11-12-13-14-15-16-17-18-19-20-21-22-23-24-25-26-27-28-32(29,30)31;;;;/h27-28H,2-26H2,1H3,(H,29,30,31);;;;. The molecule has 0 aromatic rings. The van der Waals surface area contributed by atoms with Crippen molar-refractivity contribution in [3.8, 4) is 0 Å². The van der Waals surface area contributed by atoms with Gasteiger partial charge in [0.05, 0.1) is 5.41 Å². The van der Waals surface area contributed by atoms with Crippen LogP contribution in [-0.4, -0.2) is 72.1 Å². The van der Waals surface area contributed by atoms with Crippen LogP contribution in [0.2, 0.25) is 0 Å². The Morgan fingerprint density at radius 3 is 0.941 bits per heavy atom. The Bertz CT molecular complexity index is 496. The van der Waals surface area contributed by atoms with E-state index < -0.39 is 10.1 Å². The molecule has 0 aliphatic carbocycles. The number of allylic oxidation sites excluding steroid dienone is 1. The summed E-state index contributed by atoms with van der Waals surface area (Å²) in [6, 6.07) is 0. The molecule has 0 aromatic heterocycles. The Morgan fingerprint density at radius 1 is 0.471 bits per heavy atom. The van der Waals surface area contributed by atoms with E-state index in [1.54, 1.807) is 6.08 Å². The maximum atomic E-state index is 10.5. The van der Waals surface area contributed by atoms with E-state index in [0.717, 1.165) is 24.7 Å². The summed E-state index contributed by atoms with van der Waals surface area (Å²) in [6.45, 7) is 2.29. The first kappa shape index (κ1) is 40.2. The average Bonchev–Trinajstić information content (AvgIpc) is 2.75. The van der Waals surface area contributed by atoms with Crippen LogP contribution in [0.4, 0.5) is 0 Å². The number of rotatable bonds is 26. The van der Waals surface area contributed by atoms with E-state index in [1.165, 1.54) is 141 Å². The van der Waals surface area contributed by atoms with Crippen LogP contribution in [0.15, 0.2) is 11.5 Å². The van der Waals surface area contributed by atoms with E-state index in [4.69, 9.17) is 4.55 Å². The predicted octanol–water partition coefficient (Wildman–Crippen LogP) is 8.86. The number of unbranched alkanes of at least 4 members (excludes halogenated alkanes) is 24. The quantitative estimate of drug-likeness (QED) is 0.0704. The monoisotopic (exact) mass is 520 g/mol. The molecule has 0 heterocycles. The molecule has 0 amide bonds. The normalized spacial score (nSPS) is 11.5. The summed E-state index contributed by atoms with van der Waals surface area (Å²) in [5.74, 6) is 0. The number of hydrogen-bond acceptors (Lipinski definition) is 2. The van der Waals surface area contributed by atoms with Crippen molar-refractivity contribution >= 4 is 69.2 Å². The topological polar surface area (TPSA) is 54.4 Å². The molecular formula is C28H58Na2O3S. The summed E-state index contributed by atoms with van der Waals surface area (Å²) < 4.78 is 29.7. The van der Waals surface area contributed by atoms with Crippen molar-refractivity contribution < 1.29 is 13.0 Å². The van der Waals surface area contributed by atoms with Crippen molar-refractivity contribution in [2.24, 2.45) is 0 Å². The van der Waals surface area contributed by atoms with Crippen LogP contribution in [0, 0.1) is 0 Å². The van der Waals surface area contributed by atoms with Crippen molar-refractivity contribution in [3.63, 3.8) is 0 Å². The van der Waals surface area contributed by atoms with Gasteiger partial charge in [-0.25, -0.2) is 0 Å². The molecule has 1 N–H and O–H groups in total. The second-order valence-corrected chi connectivity index (χ2v) is 11.1. The summed E-state index contributed by atoms with van der Waals surface area (Å²) in [5, 5.41) is 0.895. The molecule has 0 radical (unpaired) electrons. The molecule has 0 aliphatic rings. The third-order valence-electron chi connectivity index (χ3n) is 6.49. The van der Waals surface area contributed by atoms with E-state index >= 15 is 0 Å². The van der Waals surface area contributed by atoms with Crippen molar-refractivity contribution in [1.82, 2.24) is 0 Å². The Labute approximate surface area is 258 Å². The van der Waals surface area contributed by atoms with Crippen LogP contribution in [0.1, 0.15) is 167 Å². The van der Waals surface area contributed by atoms with Gasteiger partial charge in [0.15, 0.2) is 0 Å². The molecule has 0 bridgehead atoms. The zero-order valence-corrected chi connectivity index (χ0v) is 22.3. The van der Waals surface area contributed by atoms with Crippen LogP contribution in [0.5, 0.6) is 0 Å². The molecule has 3 nitrogen and oxygen atoms in total. The van der Waals surface area contributed by atoms with Gasteiger partial charge >= 0.3 is 59.1 Å². The Kier molecular flexibility index (Phi) is 38.6. The average molecular weight is 521 g/mol. The molecule has 0 rings (SSSR count). The van der Waals surface area contributed by atoms with Gasteiger partial charge in [0, 0.05) is 0 Å². The van der Waals surface area contributed by atoms with Gasteiger partial charge in [0.2, 0.25) is 0 Å². The summed E-state index contributed by atoms with van der Waals surface area (Å²) in [4.78, 5) is 0. The molecular weight excluding hydrogens is 462 g/mol. The van der Waals surface area contributed by atoms with E-state index in [9.17, 15) is 8.42 Å². The van der Waals surface area contributed by atoms with Crippen molar-refractivity contribution in [3.05, 3.63) is 11.5 Å². The molecule has 0 saturated heterocycles. The van der Waals surface area contributed by atoms with Crippen LogP contribution < -0.4 is 0 Å². The van der Waals surface area contributed by atoms with Gasteiger partial charge in [-0.3, -0.25) is 4.55 Å². The van der Waals surface area contributed by atoms with E-state index in [2.05, 4.69) is 6.92 Å². The molecule has 196 valence electrons. The molecule has 0 spiro atoms. The molecule has 0 unspecified atom stereocenters. The van der Waals surface area contributed by atoms with Crippen LogP contribution in [0.3, 0.4) is 0 Å². The molecule has 0 fully saturated rings. The minimum absolute atomic E-state index is 0. The van der Waals surface area contributed by atoms with Crippen LogP contribution in [0.25, 0.3) is 0 Å². The first-order valence-corrected chi connectivity index (χ1v) is 15.7. The van der Waals surface area contributed by atoms with Gasteiger partial charge in [-0.1, -0.05) is 161 Å². The van der Waals surface area contributed by atoms with Gasteiger partial charge in [0.25, 0.3) is 10.1 Å². The van der Waals surface area contributed by atoms with Gasteiger partial charge in [-0.05, 0) is 12.8 Å². The maximum absolute atomic E-state index is 10.5. The molecule has 0 atom stereocenters. The van der Waals surface area contributed by atoms with Crippen LogP contribution >= 0.6 is 0 Å². The second-order valence-electron chi connectivity index (χ2n) is 9.81. The summed E-state index contributed by atoms with van der Waals surface area (Å²) in [5.41, 5.74) is 0. The second kappa shape index (κ2) is 32.7. The van der Waals surface area contributed by atoms with Crippen molar-refractivity contribution in [2.45, 2.75) is 167 Å². The van der Waals surface area contributed by atoms with Gasteiger partial charge in [0.1, 0.15) is 0 Å². The fraction of sp³-hybridized carbons (Fsp3) is 0.929. The minimum atomic E-state index is -3.93. The van der Waals surface area contributed by atoms with Crippen molar-refractivity contribution in [2.75, 3.05) is 0 Å². The van der Waals surface area contributed by atoms with Gasteiger partial charge in [-0.2, -0.15) is 8.42 Å². The predicted molar refractivity (Wildman–Crippen MR) is 156 cm³/mol. The Morgan fingerprint density at radius 2 is 0.706 bits per heavy atom. The first-order valence-electron chi connectivity index (χ1n) is 14.2. The first-order chi connectivity index (χ1) is 15.6. The third-order valence-corrected chi connectivity index (χ3v) is 7.03. The fourth-order valence-electron chi connectivity index (χ4n) is 4.41. The molecule has 34 heavy (non-hydrogen) atoms. The van der Waals surface area contributed by atoms with E-state index in [0.29, 0.717) is 0 Å². The molecule has 6 heteroatoms. The van der Waals surface area contributed by atoms with E-state index in [-0.39, 0.29) is 59.1 Å². The fourth-order valence-corrected chi connectivity index (χ4v) is 4.79.